The van der Waals surface area contributed by atoms with Gasteiger partial charge in [-0.1, -0.05) is 60.7 Å². The van der Waals surface area contributed by atoms with E-state index in [0.29, 0.717) is 23.4 Å². The van der Waals surface area contributed by atoms with E-state index in [9.17, 15) is 14.0 Å². The highest BCUT2D eigenvalue weighted by atomic mass is 32.2. The molecule has 5 nitrogen and oxygen atoms in total. The lowest BCUT2D eigenvalue weighted by Crippen LogP contribution is -2.46. The lowest BCUT2D eigenvalue weighted by molar-refractivity contribution is -0.120. The summed E-state index contributed by atoms with van der Waals surface area (Å²) in [5.74, 6) is 0.310. The van der Waals surface area contributed by atoms with Crippen molar-refractivity contribution in [3.05, 3.63) is 126 Å². The van der Waals surface area contributed by atoms with Crippen LogP contribution in [-0.2, 0) is 17.0 Å². The number of anilines is 1. The molecule has 0 radical (unpaired) electrons. The summed E-state index contributed by atoms with van der Waals surface area (Å²) >= 11 is 1.65. The molecule has 1 N–H and O–H groups in total. The van der Waals surface area contributed by atoms with Crippen LogP contribution in [0.3, 0.4) is 0 Å². The molecular weight excluding hydrogens is 499 g/mol. The van der Waals surface area contributed by atoms with Crippen molar-refractivity contribution in [2.24, 2.45) is 0 Å². The monoisotopic (exact) mass is 528 g/mol. The number of halogens is 1. The van der Waals surface area contributed by atoms with E-state index >= 15 is 0 Å². The lowest BCUT2D eigenvalue weighted by Gasteiger charge is -2.28. The van der Waals surface area contributed by atoms with Crippen molar-refractivity contribution >= 4 is 29.3 Å². The SMILES string of the molecule is COc1cc(NC(=O)C(Cc2ccccc2)N(C)C(=O)c2ccc(F)cc2)ccc1SCc1ccccc1. The number of benzene rings is 4. The Hall–Kier alpha value is -4.10. The van der Waals surface area contributed by atoms with E-state index in [2.05, 4.69) is 17.4 Å². The molecule has 7 heteroatoms. The van der Waals surface area contributed by atoms with Gasteiger partial charge in [0.25, 0.3) is 5.91 Å². The summed E-state index contributed by atoms with van der Waals surface area (Å²) < 4.78 is 19.0. The average Bonchev–Trinajstić information content (AvgIpc) is 2.95. The largest absolute Gasteiger partial charge is 0.496 e. The van der Waals surface area contributed by atoms with Crippen molar-refractivity contribution < 1.29 is 18.7 Å². The molecule has 0 aromatic heterocycles. The second kappa shape index (κ2) is 12.9. The van der Waals surface area contributed by atoms with E-state index in [1.807, 2.05) is 60.7 Å². The zero-order valence-corrected chi connectivity index (χ0v) is 22.1. The highest BCUT2D eigenvalue weighted by Crippen LogP contribution is 2.34. The van der Waals surface area contributed by atoms with E-state index in [1.165, 1.54) is 34.7 Å². The van der Waals surface area contributed by atoms with Crippen LogP contribution < -0.4 is 10.1 Å². The average molecular weight is 529 g/mol. The number of methoxy groups -OCH3 is 1. The smallest absolute Gasteiger partial charge is 0.254 e. The third kappa shape index (κ3) is 7.01. The van der Waals surface area contributed by atoms with E-state index < -0.39 is 11.9 Å². The topological polar surface area (TPSA) is 58.6 Å². The first-order valence-corrected chi connectivity index (χ1v) is 13.2. The second-order valence-corrected chi connectivity index (χ2v) is 9.77. The molecule has 0 saturated heterocycles. The highest BCUT2D eigenvalue weighted by Gasteiger charge is 2.28. The number of nitrogens with zero attached hydrogens (tertiary/aromatic N) is 1. The maximum absolute atomic E-state index is 13.5. The molecule has 0 aliphatic rings. The summed E-state index contributed by atoms with van der Waals surface area (Å²) in [5, 5.41) is 2.95. The van der Waals surface area contributed by atoms with Crippen molar-refractivity contribution in [1.29, 1.82) is 0 Å². The molecule has 0 bridgehead atoms. The molecule has 38 heavy (non-hydrogen) atoms. The van der Waals surface area contributed by atoms with Crippen LogP contribution in [0.2, 0.25) is 0 Å². The minimum absolute atomic E-state index is 0.307. The molecule has 1 unspecified atom stereocenters. The van der Waals surface area contributed by atoms with Gasteiger partial charge < -0.3 is 15.0 Å². The summed E-state index contributed by atoms with van der Waals surface area (Å²) in [6, 6.07) is 29.7. The van der Waals surface area contributed by atoms with Crippen molar-refractivity contribution in [3.8, 4) is 5.75 Å². The van der Waals surface area contributed by atoms with Crippen LogP contribution in [0.5, 0.6) is 5.75 Å². The number of ether oxygens (including phenoxy) is 1. The molecule has 4 aromatic carbocycles. The van der Waals surface area contributed by atoms with Gasteiger partial charge in [0.05, 0.1) is 7.11 Å². The Morgan fingerprint density at radius 3 is 2.16 bits per heavy atom. The van der Waals surface area contributed by atoms with Crippen LogP contribution >= 0.6 is 11.8 Å². The van der Waals surface area contributed by atoms with Gasteiger partial charge in [0, 0.05) is 41.4 Å². The molecule has 4 aromatic rings. The first kappa shape index (κ1) is 26.9. The number of hydrogen-bond donors (Lipinski definition) is 1. The van der Waals surface area contributed by atoms with Crippen LogP contribution in [0, 0.1) is 5.82 Å². The zero-order chi connectivity index (χ0) is 26.9. The molecule has 0 saturated carbocycles. The Morgan fingerprint density at radius 1 is 0.895 bits per heavy atom. The zero-order valence-electron chi connectivity index (χ0n) is 21.3. The van der Waals surface area contributed by atoms with Gasteiger partial charge in [0.2, 0.25) is 5.91 Å². The third-order valence-electron chi connectivity index (χ3n) is 6.12. The van der Waals surface area contributed by atoms with Gasteiger partial charge in [-0.15, -0.1) is 11.8 Å². The normalized spacial score (nSPS) is 11.4. The number of carbonyl (C=O) groups excluding carboxylic acids is 2. The fourth-order valence-corrected chi connectivity index (χ4v) is 4.97. The maximum atomic E-state index is 13.5. The summed E-state index contributed by atoms with van der Waals surface area (Å²) in [6.07, 6.45) is 0.318. The van der Waals surface area contributed by atoms with Gasteiger partial charge in [0.15, 0.2) is 0 Å². The molecule has 4 rings (SSSR count). The van der Waals surface area contributed by atoms with Crippen LogP contribution in [0.15, 0.2) is 108 Å². The van der Waals surface area contributed by atoms with Gasteiger partial charge in [-0.05, 0) is 47.5 Å². The fraction of sp³-hybridized carbons (Fsp3) is 0.161. The van der Waals surface area contributed by atoms with Gasteiger partial charge >= 0.3 is 0 Å². The van der Waals surface area contributed by atoms with E-state index in [4.69, 9.17) is 4.74 Å². The first-order chi connectivity index (χ1) is 18.4. The lowest BCUT2D eigenvalue weighted by atomic mass is 10.0. The maximum Gasteiger partial charge on any atom is 0.254 e. The Bertz CT molecular complexity index is 1370. The number of thioether (sulfide) groups is 1. The molecule has 0 fully saturated rings. The fourth-order valence-electron chi connectivity index (χ4n) is 4.01. The predicted octanol–water partition coefficient (Wildman–Crippen LogP) is 6.45. The van der Waals surface area contributed by atoms with Crippen molar-refractivity contribution in [3.63, 3.8) is 0 Å². The Morgan fingerprint density at radius 2 is 1.53 bits per heavy atom. The van der Waals surface area contributed by atoms with Gasteiger partial charge in [-0.3, -0.25) is 9.59 Å². The van der Waals surface area contributed by atoms with E-state index in [-0.39, 0.29) is 11.8 Å². The van der Waals surface area contributed by atoms with E-state index in [1.54, 1.807) is 32.0 Å². The summed E-state index contributed by atoms with van der Waals surface area (Å²) in [7, 11) is 3.18. The molecule has 194 valence electrons. The van der Waals surface area contributed by atoms with Crippen LogP contribution in [0.1, 0.15) is 21.5 Å². The number of rotatable bonds is 10. The minimum atomic E-state index is -0.798. The molecule has 2 amide bonds. The number of amides is 2. The second-order valence-electron chi connectivity index (χ2n) is 8.76. The molecular formula is C31H29FN2O3S. The van der Waals surface area contributed by atoms with Crippen molar-refractivity contribution in [2.45, 2.75) is 23.1 Å². The van der Waals surface area contributed by atoms with Crippen LogP contribution in [0.25, 0.3) is 0 Å². The Balaban J connectivity index is 1.52. The molecule has 0 aliphatic carbocycles. The number of likely N-dealkylation sites (N-methyl/N-ethyl adjacent to an activating group) is 1. The summed E-state index contributed by atoms with van der Waals surface area (Å²) in [5.41, 5.74) is 2.99. The predicted molar refractivity (Wildman–Crippen MR) is 150 cm³/mol. The molecule has 1 atom stereocenters. The van der Waals surface area contributed by atoms with Gasteiger partial charge in [0.1, 0.15) is 17.6 Å². The van der Waals surface area contributed by atoms with Crippen molar-refractivity contribution in [2.75, 3.05) is 19.5 Å². The Kier molecular flexibility index (Phi) is 9.16. The molecule has 0 heterocycles. The number of nitrogens with one attached hydrogen (secondary N) is 1. The van der Waals surface area contributed by atoms with Gasteiger partial charge in [-0.2, -0.15) is 0 Å². The standard InChI is InChI=1S/C31H29FN2O3S/c1-34(31(36)24-13-15-25(32)16-14-24)27(19-22-9-5-3-6-10-22)30(35)33-26-17-18-29(28(20-26)37-2)38-21-23-11-7-4-8-12-23/h3-18,20,27H,19,21H2,1-2H3,(H,33,35). The highest BCUT2D eigenvalue weighted by molar-refractivity contribution is 7.98. The number of hydrogen-bond acceptors (Lipinski definition) is 4. The quantitative estimate of drug-likeness (QED) is 0.240. The first-order valence-electron chi connectivity index (χ1n) is 12.2. The summed E-state index contributed by atoms with van der Waals surface area (Å²) in [6.45, 7) is 0. The van der Waals surface area contributed by atoms with Gasteiger partial charge in [-0.25, -0.2) is 4.39 Å². The third-order valence-corrected chi connectivity index (χ3v) is 7.25. The Labute approximate surface area is 226 Å². The summed E-state index contributed by atoms with van der Waals surface area (Å²) in [4.78, 5) is 29.1. The van der Waals surface area contributed by atoms with Crippen LogP contribution in [-0.4, -0.2) is 36.9 Å². The number of carbonyl (C=O) groups is 2. The minimum Gasteiger partial charge on any atom is -0.496 e. The molecule has 0 aliphatic heterocycles. The van der Waals surface area contributed by atoms with Crippen molar-refractivity contribution in [1.82, 2.24) is 4.90 Å². The van der Waals surface area contributed by atoms with E-state index in [0.717, 1.165) is 16.2 Å². The van der Waals surface area contributed by atoms with Crippen LogP contribution in [0.4, 0.5) is 10.1 Å². The molecule has 0 spiro atoms.